The summed E-state index contributed by atoms with van der Waals surface area (Å²) in [7, 11) is 6.46. The van der Waals surface area contributed by atoms with Crippen molar-refractivity contribution in [1.29, 1.82) is 0 Å². The van der Waals surface area contributed by atoms with Gasteiger partial charge in [0.15, 0.2) is 11.5 Å². The molecule has 0 aliphatic rings. The van der Waals surface area contributed by atoms with Crippen molar-refractivity contribution in [1.82, 2.24) is 19.9 Å². The third-order valence-electron chi connectivity index (χ3n) is 6.96. The Morgan fingerprint density at radius 2 is 1.32 bits per heavy atom. The van der Waals surface area contributed by atoms with Crippen LogP contribution in [0.15, 0.2) is 94.4 Å². The lowest BCUT2D eigenvalue weighted by Gasteiger charge is -2.11. The van der Waals surface area contributed by atoms with Gasteiger partial charge >= 0.3 is 0 Å². The van der Waals surface area contributed by atoms with Crippen molar-refractivity contribution in [2.24, 2.45) is 0 Å². The highest BCUT2D eigenvalue weighted by Gasteiger charge is 2.12. The zero-order chi connectivity index (χ0) is 32.8. The zero-order valence-electron chi connectivity index (χ0n) is 25.8. The Balaban J connectivity index is 0.000000168. The van der Waals surface area contributed by atoms with Gasteiger partial charge in [0.25, 0.3) is 0 Å². The van der Waals surface area contributed by atoms with Crippen LogP contribution >= 0.6 is 38.6 Å². The number of hydrogen-bond acceptors (Lipinski definition) is 12. The number of aromatic nitrogens is 4. The molecule has 3 aromatic carbocycles. The minimum Gasteiger partial charge on any atom is -0.497 e. The quantitative estimate of drug-likeness (QED) is 0.149. The Kier molecular flexibility index (Phi) is 9.95. The van der Waals surface area contributed by atoms with Crippen LogP contribution in [0.2, 0.25) is 0 Å². The van der Waals surface area contributed by atoms with Gasteiger partial charge in [-0.15, -0.1) is 22.7 Å². The minimum atomic E-state index is 0.525. The molecule has 0 aliphatic heterocycles. The molecule has 0 bridgehead atoms. The molecular weight excluding hydrogens is 700 g/mol. The average Bonchev–Trinajstić information content (AvgIpc) is 3.71. The second-order valence-corrected chi connectivity index (χ2v) is 12.5. The minimum absolute atomic E-state index is 0.525. The molecular formula is C34H29BrN6O4S2. The van der Waals surface area contributed by atoms with Gasteiger partial charge in [-0.05, 0) is 45.8 Å². The number of benzene rings is 3. The molecule has 0 amide bonds. The number of hydrogen-bond donors (Lipinski definition) is 2. The van der Waals surface area contributed by atoms with Crippen molar-refractivity contribution in [2.45, 2.75) is 0 Å². The van der Waals surface area contributed by atoms with E-state index in [2.05, 4.69) is 59.0 Å². The molecule has 4 aromatic heterocycles. The fourth-order valence-electron chi connectivity index (χ4n) is 4.64. The summed E-state index contributed by atoms with van der Waals surface area (Å²) in [6.07, 6.45) is 3.65. The third kappa shape index (κ3) is 7.22. The Hall–Kier alpha value is -4.98. The molecule has 4 heterocycles. The molecule has 0 unspecified atom stereocenters. The van der Waals surface area contributed by atoms with Crippen LogP contribution in [0.5, 0.6) is 23.0 Å². The molecule has 238 valence electrons. The summed E-state index contributed by atoms with van der Waals surface area (Å²) in [5, 5.41) is 10.5. The number of nitrogens with one attached hydrogen (secondary N) is 2. The summed E-state index contributed by atoms with van der Waals surface area (Å²) in [4.78, 5) is 18.0. The van der Waals surface area contributed by atoms with Gasteiger partial charge in [-0.2, -0.15) is 0 Å². The van der Waals surface area contributed by atoms with E-state index in [0.717, 1.165) is 53.2 Å². The van der Waals surface area contributed by atoms with Crippen LogP contribution in [0.25, 0.3) is 31.6 Å². The fourth-order valence-corrected chi connectivity index (χ4v) is 6.95. The second kappa shape index (κ2) is 14.6. The van der Waals surface area contributed by atoms with Crippen molar-refractivity contribution in [3.05, 3.63) is 94.4 Å². The Morgan fingerprint density at radius 3 is 2.04 bits per heavy atom. The van der Waals surface area contributed by atoms with E-state index in [1.54, 1.807) is 57.3 Å². The summed E-state index contributed by atoms with van der Waals surface area (Å²) < 4.78 is 24.2. The van der Waals surface area contributed by atoms with Crippen molar-refractivity contribution in [3.63, 3.8) is 0 Å². The first-order valence-corrected chi connectivity index (χ1v) is 16.7. The third-order valence-corrected chi connectivity index (χ3v) is 9.68. The number of fused-ring (bicyclic) bond motifs is 2. The SMILES string of the molecule is COc1ccc(Nc2ncc3scc(-c4ccccc4)c3n2)c(OC)c1.COc1ccc(Nc2ncc3scc(Br)c3n2)cc1OC. The van der Waals surface area contributed by atoms with Gasteiger partial charge in [0.1, 0.15) is 17.0 Å². The van der Waals surface area contributed by atoms with E-state index in [1.165, 1.54) is 0 Å². The molecule has 0 saturated heterocycles. The zero-order valence-corrected chi connectivity index (χ0v) is 29.0. The summed E-state index contributed by atoms with van der Waals surface area (Å²) >= 11 is 6.73. The van der Waals surface area contributed by atoms with Gasteiger partial charge in [0, 0.05) is 34.1 Å². The number of thiophene rings is 2. The lowest BCUT2D eigenvalue weighted by Crippen LogP contribution is -1.99. The van der Waals surface area contributed by atoms with E-state index >= 15 is 0 Å². The highest BCUT2D eigenvalue weighted by atomic mass is 79.9. The summed E-state index contributed by atoms with van der Waals surface area (Å²) in [6, 6.07) is 21.4. The van der Waals surface area contributed by atoms with E-state index in [4.69, 9.17) is 23.9 Å². The topological polar surface area (TPSA) is 113 Å². The van der Waals surface area contributed by atoms with Crippen LogP contribution in [0.4, 0.5) is 23.3 Å². The van der Waals surface area contributed by atoms with Crippen molar-refractivity contribution in [3.8, 4) is 34.1 Å². The molecule has 0 fully saturated rings. The largest absolute Gasteiger partial charge is 0.497 e. The van der Waals surface area contributed by atoms with E-state index in [0.29, 0.717) is 29.1 Å². The lowest BCUT2D eigenvalue weighted by molar-refractivity contribution is 0.355. The molecule has 10 nitrogen and oxygen atoms in total. The number of anilines is 4. The molecule has 0 spiro atoms. The van der Waals surface area contributed by atoms with Crippen molar-refractivity contribution in [2.75, 3.05) is 39.1 Å². The van der Waals surface area contributed by atoms with Gasteiger partial charge in [-0.3, -0.25) is 0 Å². The fraction of sp³-hybridized carbons (Fsp3) is 0.118. The van der Waals surface area contributed by atoms with Crippen LogP contribution < -0.4 is 29.6 Å². The maximum atomic E-state index is 5.43. The van der Waals surface area contributed by atoms with Gasteiger partial charge in [-0.1, -0.05) is 30.3 Å². The molecule has 7 rings (SSSR count). The first-order chi connectivity index (χ1) is 23.0. The Bertz CT molecular complexity index is 2140. The number of rotatable bonds is 9. The molecule has 13 heteroatoms. The predicted molar refractivity (Wildman–Crippen MR) is 194 cm³/mol. The molecule has 2 N–H and O–H groups in total. The number of methoxy groups -OCH3 is 4. The standard InChI is InChI=1S/C20H17N3O2S.C14H12BrN3O2S/c1-24-14-8-9-16(17(10-14)25-2)22-20-21-11-18-19(23-20)15(12-26-18)13-6-4-3-5-7-13;1-19-10-4-3-8(5-11(10)20-2)17-14-16-6-12-13(18-14)9(15)7-21-12/h3-12H,1-2H3,(H,21,22,23);3-7H,1-2H3,(H,16,17,18). The van der Waals surface area contributed by atoms with Gasteiger partial charge in [-0.25, -0.2) is 19.9 Å². The van der Waals surface area contributed by atoms with Crippen LogP contribution in [-0.2, 0) is 0 Å². The van der Waals surface area contributed by atoms with E-state index < -0.39 is 0 Å². The Morgan fingerprint density at radius 1 is 0.638 bits per heavy atom. The Labute approximate surface area is 287 Å². The number of nitrogens with zero attached hydrogens (tertiary/aromatic N) is 4. The van der Waals surface area contributed by atoms with Crippen LogP contribution in [0.3, 0.4) is 0 Å². The molecule has 47 heavy (non-hydrogen) atoms. The molecule has 0 aliphatic carbocycles. The van der Waals surface area contributed by atoms with Crippen LogP contribution in [0.1, 0.15) is 0 Å². The highest BCUT2D eigenvalue weighted by molar-refractivity contribution is 9.10. The maximum Gasteiger partial charge on any atom is 0.227 e. The van der Waals surface area contributed by atoms with E-state index in [9.17, 15) is 0 Å². The summed E-state index contributed by atoms with van der Waals surface area (Å²) in [6.45, 7) is 0. The number of ether oxygens (including phenoxy) is 4. The van der Waals surface area contributed by atoms with Gasteiger partial charge in [0.2, 0.25) is 11.9 Å². The molecule has 0 radical (unpaired) electrons. The normalized spacial score (nSPS) is 10.7. The maximum absolute atomic E-state index is 5.43. The van der Waals surface area contributed by atoms with Crippen molar-refractivity contribution < 1.29 is 18.9 Å². The van der Waals surface area contributed by atoms with Crippen LogP contribution in [-0.4, -0.2) is 48.4 Å². The lowest BCUT2D eigenvalue weighted by atomic mass is 10.1. The van der Waals surface area contributed by atoms with Crippen LogP contribution in [0, 0.1) is 0 Å². The predicted octanol–water partition coefficient (Wildman–Crippen LogP) is 9.33. The monoisotopic (exact) mass is 728 g/mol. The summed E-state index contributed by atoms with van der Waals surface area (Å²) in [5.41, 5.74) is 5.70. The highest BCUT2D eigenvalue weighted by Crippen LogP contribution is 2.35. The van der Waals surface area contributed by atoms with Gasteiger partial charge < -0.3 is 29.6 Å². The van der Waals surface area contributed by atoms with E-state index in [-0.39, 0.29) is 0 Å². The number of halogens is 1. The van der Waals surface area contributed by atoms with Gasteiger partial charge in [0.05, 0.1) is 65.9 Å². The summed E-state index contributed by atoms with van der Waals surface area (Å²) in [5.74, 6) is 3.79. The van der Waals surface area contributed by atoms with Crippen molar-refractivity contribution >= 4 is 82.3 Å². The first kappa shape index (κ1) is 32.0. The molecule has 0 atom stereocenters. The van der Waals surface area contributed by atoms with E-state index in [1.807, 2.05) is 66.2 Å². The smallest absolute Gasteiger partial charge is 0.227 e. The molecule has 0 saturated carbocycles. The first-order valence-electron chi connectivity index (χ1n) is 14.2. The molecule has 7 aromatic rings. The second-order valence-electron chi connectivity index (χ2n) is 9.80. The average molecular weight is 730 g/mol.